The van der Waals surface area contributed by atoms with Gasteiger partial charge in [-0.1, -0.05) is 24.3 Å². The maximum absolute atomic E-state index is 12.4. The molecule has 0 bridgehead atoms. The molecule has 1 heterocycles. The minimum atomic E-state index is -2.87. The highest BCUT2D eigenvalue weighted by Gasteiger charge is 2.38. The number of aliphatic carboxylic acids is 1. The first kappa shape index (κ1) is 19.1. The van der Waals surface area contributed by atoms with Crippen molar-refractivity contribution in [2.45, 2.75) is 19.1 Å². The SMILES string of the molecule is COc1cccc(C2CN(Cc3cccc(OC(F)F)c3)CC2C(=O)O)c1. The Bertz CT molecular complexity index is 799. The van der Waals surface area contributed by atoms with Crippen molar-refractivity contribution in [1.29, 1.82) is 0 Å². The molecule has 2 unspecified atom stereocenters. The van der Waals surface area contributed by atoms with E-state index in [2.05, 4.69) is 4.74 Å². The molecule has 2 aromatic rings. The number of halogens is 2. The predicted molar refractivity (Wildman–Crippen MR) is 95.2 cm³/mol. The molecule has 0 saturated carbocycles. The number of nitrogens with zero attached hydrogens (tertiary/aromatic N) is 1. The minimum Gasteiger partial charge on any atom is -0.497 e. The molecule has 3 rings (SSSR count). The van der Waals surface area contributed by atoms with Crippen LogP contribution >= 0.6 is 0 Å². The standard InChI is InChI=1S/C20H21F2NO4/c1-26-15-6-3-5-14(9-15)17-11-23(12-18(17)19(24)25)10-13-4-2-7-16(8-13)27-20(21)22/h2-9,17-18,20H,10-12H2,1H3,(H,24,25). The highest BCUT2D eigenvalue weighted by Crippen LogP contribution is 2.35. The van der Waals surface area contributed by atoms with Gasteiger partial charge in [-0.2, -0.15) is 8.78 Å². The minimum absolute atomic E-state index is 0.0980. The Labute approximate surface area is 156 Å². The number of alkyl halides is 2. The van der Waals surface area contributed by atoms with Gasteiger partial charge in [0.2, 0.25) is 0 Å². The second kappa shape index (κ2) is 8.35. The van der Waals surface area contributed by atoms with Crippen LogP contribution in [0.25, 0.3) is 0 Å². The normalized spacial score (nSPS) is 20.0. The smallest absolute Gasteiger partial charge is 0.387 e. The molecule has 2 aromatic carbocycles. The quantitative estimate of drug-likeness (QED) is 0.799. The zero-order valence-electron chi connectivity index (χ0n) is 14.8. The molecule has 0 amide bonds. The lowest BCUT2D eigenvalue weighted by Crippen LogP contribution is -2.23. The number of hydrogen-bond acceptors (Lipinski definition) is 4. The fourth-order valence-electron chi connectivity index (χ4n) is 3.55. The van der Waals surface area contributed by atoms with Crippen molar-refractivity contribution in [2.75, 3.05) is 20.2 Å². The van der Waals surface area contributed by atoms with Gasteiger partial charge in [0.25, 0.3) is 0 Å². The summed E-state index contributed by atoms with van der Waals surface area (Å²) in [6.07, 6.45) is 0. The van der Waals surface area contributed by atoms with Crippen molar-refractivity contribution >= 4 is 5.97 Å². The highest BCUT2D eigenvalue weighted by atomic mass is 19.3. The lowest BCUT2D eigenvalue weighted by atomic mass is 9.89. The maximum atomic E-state index is 12.4. The van der Waals surface area contributed by atoms with Crippen LogP contribution in [0.15, 0.2) is 48.5 Å². The van der Waals surface area contributed by atoms with Crippen molar-refractivity contribution in [1.82, 2.24) is 4.90 Å². The molecule has 7 heteroatoms. The average Bonchev–Trinajstić information content (AvgIpc) is 3.05. The Balaban J connectivity index is 1.75. The van der Waals surface area contributed by atoms with E-state index >= 15 is 0 Å². The van der Waals surface area contributed by atoms with Gasteiger partial charge >= 0.3 is 12.6 Å². The number of benzene rings is 2. The van der Waals surface area contributed by atoms with Gasteiger partial charge in [-0.3, -0.25) is 9.69 Å². The van der Waals surface area contributed by atoms with E-state index in [1.165, 1.54) is 6.07 Å². The number of carbonyl (C=O) groups is 1. The summed E-state index contributed by atoms with van der Waals surface area (Å²) in [6.45, 7) is -1.47. The van der Waals surface area contributed by atoms with Crippen molar-refractivity contribution in [3.8, 4) is 11.5 Å². The van der Waals surface area contributed by atoms with Crippen LogP contribution in [0.4, 0.5) is 8.78 Å². The van der Waals surface area contributed by atoms with E-state index in [0.29, 0.717) is 25.4 Å². The van der Waals surface area contributed by atoms with Crippen molar-refractivity contribution < 1.29 is 28.2 Å². The first-order valence-corrected chi connectivity index (χ1v) is 8.59. The van der Waals surface area contributed by atoms with Gasteiger partial charge in [-0.25, -0.2) is 0 Å². The summed E-state index contributed by atoms with van der Waals surface area (Å²) < 4.78 is 34.5. The zero-order valence-corrected chi connectivity index (χ0v) is 14.8. The van der Waals surface area contributed by atoms with Crippen LogP contribution in [0.5, 0.6) is 11.5 Å². The molecule has 1 N–H and O–H groups in total. The van der Waals surface area contributed by atoms with Gasteiger partial charge < -0.3 is 14.6 Å². The molecule has 27 heavy (non-hydrogen) atoms. The van der Waals surface area contributed by atoms with E-state index in [-0.39, 0.29) is 11.7 Å². The third-order valence-corrected chi connectivity index (χ3v) is 4.76. The number of likely N-dealkylation sites (tertiary alicyclic amines) is 1. The van der Waals surface area contributed by atoms with Crippen LogP contribution in [0.3, 0.4) is 0 Å². The summed E-state index contributed by atoms with van der Waals surface area (Å²) in [6, 6.07) is 13.9. The Morgan fingerprint density at radius 3 is 2.63 bits per heavy atom. The molecule has 1 fully saturated rings. The molecule has 0 spiro atoms. The Morgan fingerprint density at radius 2 is 1.93 bits per heavy atom. The van der Waals surface area contributed by atoms with Crippen molar-refractivity contribution in [2.24, 2.45) is 5.92 Å². The fourth-order valence-corrected chi connectivity index (χ4v) is 3.55. The highest BCUT2D eigenvalue weighted by molar-refractivity contribution is 5.72. The predicted octanol–water partition coefficient (Wildman–Crippen LogP) is 3.60. The first-order valence-electron chi connectivity index (χ1n) is 8.59. The van der Waals surface area contributed by atoms with Gasteiger partial charge in [-0.05, 0) is 35.4 Å². The Morgan fingerprint density at radius 1 is 1.19 bits per heavy atom. The van der Waals surface area contributed by atoms with Gasteiger partial charge in [0.15, 0.2) is 0 Å². The van der Waals surface area contributed by atoms with Crippen LogP contribution in [0.1, 0.15) is 17.0 Å². The molecule has 0 aromatic heterocycles. The summed E-state index contributed by atoms with van der Waals surface area (Å²) in [5, 5.41) is 9.64. The van der Waals surface area contributed by atoms with E-state index in [0.717, 1.165) is 11.1 Å². The summed E-state index contributed by atoms with van der Waals surface area (Å²) in [7, 11) is 1.57. The molecule has 0 aliphatic carbocycles. The molecule has 1 aliphatic heterocycles. The third-order valence-electron chi connectivity index (χ3n) is 4.76. The van der Waals surface area contributed by atoms with Crippen LogP contribution in [-0.4, -0.2) is 42.8 Å². The second-order valence-corrected chi connectivity index (χ2v) is 6.55. The summed E-state index contributed by atoms with van der Waals surface area (Å²) in [5.74, 6) is -0.774. The van der Waals surface area contributed by atoms with Crippen molar-refractivity contribution in [3.05, 3.63) is 59.7 Å². The number of rotatable bonds is 7. The molecule has 2 atom stereocenters. The van der Waals surface area contributed by atoms with Gasteiger partial charge in [0.05, 0.1) is 13.0 Å². The molecular weight excluding hydrogens is 356 g/mol. The Kier molecular flexibility index (Phi) is 5.91. The first-order chi connectivity index (χ1) is 13.0. The van der Waals surface area contributed by atoms with Crippen LogP contribution < -0.4 is 9.47 Å². The van der Waals surface area contributed by atoms with E-state index in [1.807, 2.05) is 35.2 Å². The maximum Gasteiger partial charge on any atom is 0.387 e. The van der Waals surface area contributed by atoms with Crippen LogP contribution in [0.2, 0.25) is 0 Å². The third kappa shape index (κ3) is 4.74. The van der Waals surface area contributed by atoms with E-state index < -0.39 is 18.5 Å². The van der Waals surface area contributed by atoms with E-state index in [4.69, 9.17) is 4.74 Å². The van der Waals surface area contributed by atoms with Gasteiger partial charge in [0.1, 0.15) is 11.5 Å². The molecule has 1 aliphatic rings. The topological polar surface area (TPSA) is 59.0 Å². The number of methoxy groups -OCH3 is 1. The second-order valence-electron chi connectivity index (χ2n) is 6.55. The zero-order chi connectivity index (χ0) is 19.4. The molecule has 5 nitrogen and oxygen atoms in total. The van der Waals surface area contributed by atoms with Gasteiger partial charge in [-0.15, -0.1) is 0 Å². The average molecular weight is 377 g/mol. The molecular formula is C20H21F2NO4. The number of carboxylic acid groups (broad SMARTS) is 1. The molecule has 144 valence electrons. The van der Waals surface area contributed by atoms with E-state index in [9.17, 15) is 18.7 Å². The Hall–Kier alpha value is -2.67. The monoisotopic (exact) mass is 377 g/mol. The lowest BCUT2D eigenvalue weighted by molar-refractivity contribution is -0.141. The number of carboxylic acids is 1. The van der Waals surface area contributed by atoms with Crippen LogP contribution in [-0.2, 0) is 11.3 Å². The number of hydrogen-bond donors (Lipinski definition) is 1. The lowest BCUT2D eigenvalue weighted by Gasteiger charge is -2.17. The fraction of sp³-hybridized carbons (Fsp3) is 0.350. The summed E-state index contributed by atoms with van der Waals surface area (Å²) in [5.41, 5.74) is 1.71. The molecule has 0 radical (unpaired) electrons. The molecule has 1 saturated heterocycles. The summed E-state index contributed by atoms with van der Waals surface area (Å²) in [4.78, 5) is 13.8. The van der Waals surface area contributed by atoms with Crippen molar-refractivity contribution in [3.63, 3.8) is 0 Å². The van der Waals surface area contributed by atoms with Gasteiger partial charge in [0, 0.05) is 25.6 Å². The largest absolute Gasteiger partial charge is 0.497 e. The van der Waals surface area contributed by atoms with E-state index in [1.54, 1.807) is 19.2 Å². The summed E-state index contributed by atoms with van der Waals surface area (Å²) >= 11 is 0. The number of ether oxygens (including phenoxy) is 2. The van der Waals surface area contributed by atoms with Crippen LogP contribution in [0, 0.1) is 5.92 Å².